The van der Waals surface area contributed by atoms with E-state index in [2.05, 4.69) is 18.7 Å². The number of ether oxygens (including phenoxy) is 2. The van der Waals surface area contributed by atoms with Gasteiger partial charge < -0.3 is 9.47 Å². The van der Waals surface area contributed by atoms with Gasteiger partial charge in [-0.2, -0.15) is 0 Å². The average molecular weight is 277 g/mol. The molecule has 1 aliphatic heterocycles. The monoisotopic (exact) mass is 277 g/mol. The molecule has 110 valence electrons. The number of ketones is 1. The summed E-state index contributed by atoms with van der Waals surface area (Å²) in [7, 11) is 0. The van der Waals surface area contributed by atoms with E-state index in [1.54, 1.807) is 13.0 Å². The third-order valence-corrected chi connectivity index (χ3v) is 3.70. The highest BCUT2D eigenvalue weighted by molar-refractivity contribution is 5.96. The molecule has 1 heterocycles. The lowest BCUT2D eigenvalue weighted by atomic mass is 10.0. The van der Waals surface area contributed by atoms with Crippen molar-refractivity contribution in [1.29, 1.82) is 0 Å². The van der Waals surface area contributed by atoms with Crippen LogP contribution in [-0.2, 0) is 4.74 Å². The van der Waals surface area contributed by atoms with E-state index in [9.17, 15) is 4.79 Å². The van der Waals surface area contributed by atoms with Gasteiger partial charge in [0.2, 0.25) is 0 Å². The molecule has 0 saturated carbocycles. The molecule has 0 unspecified atom stereocenters. The maximum absolute atomic E-state index is 11.5. The van der Waals surface area contributed by atoms with Gasteiger partial charge in [-0.25, -0.2) is 0 Å². The first-order valence-corrected chi connectivity index (χ1v) is 7.06. The predicted octanol–water partition coefficient (Wildman–Crippen LogP) is 2.38. The highest BCUT2D eigenvalue weighted by atomic mass is 16.5. The van der Waals surface area contributed by atoms with Gasteiger partial charge in [-0.05, 0) is 32.9 Å². The number of carbonyl (C=O) groups is 1. The van der Waals surface area contributed by atoms with Gasteiger partial charge in [-0.15, -0.1) is 0 Å². The molecule has 4 nitrogen and oxygen atoms in total. The molecule has 1 saturated heterocycles. The van der Waals surface area contributed by atoms with Gasteiger partial charge in [0.1, 0.15) is 12.4 Å². The molecule has 1 aromatic rings. The Morgan fingerprint density at radius 2 is 2.15 bits per heavy atom. The molecule has 0 radical (unpaired) electrons. The normalized spacial score (nSPS) is 18.8. The van der Waals surface area contributed by atoms with Crippen molar-refractivity contribution in [2.45, 2.75) is 26.3 Å². The van der Waals surface area contributed by atoms with Gasteiger partial charge in [-0.3, -0.25) is 9.69 Å². The number of hydrogen-bond donors (Lipinski definition) is 0. The second-order valence-electron chi connectivity index (χ2n) is 5.75. The first-order chi connectivity index (χ1) is 9.50. The molecule has 0 aromatic heterocycles. The molecule has 4 heteroatoms. The van der Waals surface area contributed by atoms with Crippen molar-refractivity contribution >= 4 is 5.78 Å². The Morgan fingerprint density at radius 1 is 1.40 bits per heavy atom. The number of hydrogen-bond acceptors (Lipinski definition) is 4. The zero-order valence-electron chi connectivity index (χ0n) is 12.5. The molecule has 2 rings (SSSR count). The van der Waals surface area contributed by atoms with Crippen LogP contribution in [0.1, 0.15) is 31.1 Å². The molecule has 0 spiro atoms. The Hall–Kier alpha value is -1.39. The molecule has 0 aliphatic carbocycles. The number of nitrogens with zero attached hydrogens (tertiary/aromatic N) is 1. The van der Waals surface area contributed by atoms with Crippen LogP contribution < -0.4 is 4.74 Å². The maximum atomic E-state index is 11.5. The summed E-state index contributed by atoms with van der Waals surface area (Å²) >= 11 is 0. The van der Waals surface area contributed by atoms with Gasteiger partial charge in [0, 0.05) is 18.6 Å². The van der Waals surface area contributed by atoms with Gasteiger partial charge in [0.05, 0.1) is 18.8 Å². The van der Waals surface area contributed by atoms with E-state index in [4.69, 9.17) is 9.47 Å². The van der Waals surface area contributed by atoms with Gasteiger partial charge in [-0.1, -0.05) is 12.1 Å². The van der Waals surface area contributed by atoms with E-state index in [0.717, 1.165) is 26.3 Å². The van der Waals surface area contributed by atoms with E-state index in [1.165, 1.54) is 0 Å². The zero-order valence-corrected chi connectivity index (χ0v) is 12.5. The lowest BCUT2D eigenvalue weighted by Crippen LogP contribution is -2.54. The topological polar surface area (TPSA) is 38.8 Å². The van der Waals surface area contributed by atoms with Crippen LogP contribution in [0.3, 0.4) is 0 Å². The van der Waals surface area contributed by atoms with Crippen LogP contribution in [0, 0.1) is 0 Å². The van der Waals surface area contributed by atoms with E-state index < -0.39 is 0 Å². The Bertz CT molecular complexity index is 471. The smallest absolute Gasteiger partial charge is 0.163 e. The number of rotatable bonds is 5. The molecular formula is C16H23NO3. The van der Waals surface area contributed by atoms with Crippen LogP contribution in [0.5, 0.6) is 5.75 Å². The molecule has 0 amide bonds. The molecule has 1 fully saturated rings. The Labute approximate surface area is 120 Å². The van der Waals surface area contributed by atoms with Crippen LogP contribution in [0.4, 0.5) is 0 Å². The van der Waals surface area contributed by atoms with E-state index >= 15 is 0 Å². The van der Waals surface area contributed by atoms with E-state index in [-0.39, 0.29) is 11.3 Å². The Kier molecular flexibility index (Phi) is 4.78. The summed E-state index contributed by atoms with van der Waals surface area (Å²) in [6, 6.07) is 7.40. The molecule has 0 N–H and O–H groups in total. The maximum Gasteiger partial charge on any atom is 0.163 e. The minimum Gasteiger partial charge on any atom is -0.491 e. The summed E-state index contributed by atoms with van der Waals surface area (Å²) in [6.07, 6.45) is 0. The Morgan fingerprint density at radius 3 is 2.85 bits per heavy atom. The summed E-state index contributed by atoms with van der Waals surface area (Å²) in [5, 5.41) is 0. The van der Waals surface area contributed by atoms with Gasteiger partial charge in [0.25, 0.3) is 0 Å². The van der Waals surface area contributed by atoms with Crippen LogP contribution in [-0.4, -0.2) is 49.1 Å². The van der Waals surface area contributed by atoms with Gasteiger partial charge in [0.15, 0.2) is 5.78 Å². The third-order valence-electron chi connectivity index (χ3n) is 3.70. The van der Waals surface area contributed by atoms with Crippen molar-refractivity contribution in [1.82, 2.24) is 4.90 Å². The highest BCUT2D eigenvalue weighted by Crippen LogP contribution is 2.20. The van der Waals surface area contributed by atoms with Crippen molar-refractivity contribution in [3.63, 3.8) is 0 Å². The molecule has 1 aromatic carbocycles. The van der Waals surface area contributed by atoms with Crippen molar-refractivity contribution in [2.75, 3.05) is 32.9 Å². The molecule has 0 atom stereocenters. The first kappa shape index (κ1) is 15.0. The zero-order chi connectivity index (χ0) is 14.6. The number of carbonyl (C=O) groups excluding carboxylic acids is 1. The van der Waals surface area contributed by atoms with Crippen molar-refractivity contribution < 1.29 is 14.3 Å². The molecule has 20 heavy (non-hydrogen) atoms. The minimum atomic E-state index is 0.0345. The summed E-state index contributed by atoms with van der Waals surface area (Å²) in [4.78, 5) is 13.9. The molecule has 0 bridgehead atoms. The van der Waals surface area contributed by atoms with Crippen molar-refractivity contribution in [3.8, 4) is 5.75 Å². The van der Waals surface area contributed by atoms with Crippen LogP contribution in [0.2, 0.25) is 0 Å². The van der Waals surface area contributed by atoms with E-state index in [1.807, 2.05) is 18.2 Å². The van der Waals surface area contributed by atoms with Crippen molar-refractivity contribution in [2.24, 2.45) is 0 Å². The summed E-state index contributed by atoms with van der Waals surface area (Å²) in [5.41, 5.74) is 0.690. The first-order valence-electron chi connectivity index (χ1n) is 7.06. The predicted molar refractivity (Wildman–Crippen MR) is 78.4 cm³/mol. The number of benzene rings is 1. The standard InChI is InChI=1S/C16H23NO3/c1-13(18)14-6-4-5-7-15(14)20-11-9-17-8-10-19-12-16(17,2)3/h4-7H,8-12H2,1-3H3. The quantitative estimate of drug-likeness (QED) is 0.775. The number of morpholine rings is 1. The average Bonchev–Trinajstić information content (AvgIpc) is 2.41. The minimum absolute atomic E-state index is 0.0345. The van der Waals surface area contributed by atoms with Gasteiger partial charge >= 0.3 is 0 Å². The second kappa shape index (κ2) is 6.37. The third kappa shape index (κ3) is 3.58. The fourth-order valence-electron chi connectivity index (χ4n) is 2.45. The van der Waals surface area contributed by atoms with Crippen LogP contribution >= 0.6 is 0 Å². The fraction of sp³-hybridized carbons (Fsp3) is 0.562. The lowest BCUT2D eigenvalue weighted by Gasteiger charge is -2.41. The van der Waals surface area contributed by atoms with E-state index in [0.29, 0.717) is 17.9 Å². The second-order valence-corrected chi connectivity index (χ2v) is 5.75. The fourth-order valence-corrected chi connectivity index (χ4v) is 2.45. The number of Topliss-reactive ketones (excluding diaryl/α,β-unsaturated/α-hetero) is 1. The molecule has 1 aliphatic rings. The molecular weight excluding hydrogens is 254 g/mol. The summed E-state index contributed by atoms with van der Waals surface area (Å²) in [5.74, 6) is 0.707. The lowest BCUT2D eigenvalue weighted by molar-refractivity contribution is -0.0547. The van der Waals surface area contributed by atoms with Crippen LogP contribution in [0.25, 0.3) is 0 Å². The highest BCUT2D eigenvalue weighted by Gasteiger charge is 2.30. The van der Waals surface area contributed by atoms with Crippen LogP contribution in [0.15, 0.2) is 24.3 Å². The largest absolute Gasteiger partial charge is 0.491 e. The number of para-hydroxylation sites is 1. The Balaban J connectivity index is 1.91. The van der Waals surface area contributed by atoms with Crippen molar-refractivity contribution in [3.05, 3.63) is 29.8 Å². The summed E-state index contributed by atoms with van der Waals surface area (Å²) < 4.78 is 11.3. The summed E-state index contributed by atoms with van der Waals surface area (Å²) in [6.45, 7) is 9.77. The SMILES string of the molecule is CC(=O)c1ccccc1OCCN1CCOCC1(C)C.